The Morgan fingerprint density at radius 2 is 1.54 bits per heavy atom. The van der Waals surface area contributed by atoms with E-state index < -0.39 is 26.0 Å². The third kappa shape index (κ3) is 5.76. The van der Waals surface area contributed by atoms with Gasteiger partial charge in [-0.05, 0) is 42.0 Å². The molecular weight excluding hydrogens is 426 g/mol. The summed E-state index contributed by atoms with van der Waals surface area (Å²) in [6, 6.07) is 11.4. The number of hydrogen-bond acceptors (Lipinski definition) is 5. The van der Waals surface area contributed by atoms with Gasteiger partial charge in [-0.25, -0.2) is 22.0 Å². The minimum atomic E-state index is -3.83. The number of rotatable bonds is 8. The number of carbonyl (C=O) groups is 1. The highest BCUT2D eigenvalue weighted by molar-refractivity contribution is 7.89. The Morgan fingerprint density at radius 3 is 2.04 bits per heavy atom. The summed E-state index contributed by atoms with van der Waals surface area (Å²) in [4.78, 5) is 12.2. The smallest absolute Gasteiger partial charge is 0.243 e. The van der Waals surface area contributed by atoms with Crippen molar-refractivity contribution in [3.8, 4) is 0 Å². The minimum Gasteiger partial charge on any atom is -0.351 e. The zero-order valence-corrected chi connectivity index (χ0v) is 17.4. The molecule has 0 radical (unpaired) electrons. The van der Waals surface area contributed by atoms with Crippen LogP contribution in [0.2, 0.25) is 5.02 Å². The number of hydrogen-bond donors (Lipinski definition) is 2. The summed E-state index contributed by atoms with van der Waals surface area (Å²) in [7, 11) is -7.62. The zero-order chi connectivity index (χ0) is 20.9. The Kier molecular flexibility index (Phi) is 7.18. The Morgan fingerprint density at radius 1 is 1.00 bits per heavy atom. The number of benzene rings is 2. The lowest BCUT2D eigenvalue weighted by atomic mass is 10.2. The molecule has 0 bridgehead atoms. The summed E-state index contributed by atoms with van der Waals surface area (Å²) < 4.78 is 48.8. The first-order valence-corrected chi connectivity index (χ1v) is 11.5. The molecule has 2 aromatic carbocycles. The van der Waals surface area contributed by atoms with Crippen LogP contribution in [0.3, 0.4) is 0 Å². The van der Waals surface area contributed by atoms with Crippen LogP contribution < -0.4 is 10.5 Å². The fraction of sp³-hybridized carbons (Fsp3) is 0.235. The van der Waals surface area contributed by atoms with Gasteiger partial charge in [-0.2, -0.15) is 4.31 Å². The van der Waals surface area contributed by atoms with Gasteiger partial charge in [0.05, 0.1) is 16.3 Å². The Labute approximate surface area is 169 Å². The van der Waals surface area contributed by atoms with Gasteiger partial charge in [-0.3, -0.25) is 4.79 Å². The maximum absolute atomic E-state index is 12.7. The molecule has 0 aromatic heterocycles. The van der Waals surface area contributed by atoms with Crippen LogP contribution in [-0.2, 0) is 31.4 Å². The monoisotopic (exact) mass is 445 g/mol. The van der Waals surface area contributed by atoms with Crippen LogP contribution in [0.15, 0.2) is 58.3 Å². The van der Waals surface area contributed by atoms with E-state index in [0.29, 0.717) is 10.6 Å². The summed E-state index contributed by atoms with van der Waals surface area (Å²) in [5, 5.41) is 8.05. The third-order valence-corrected chi connectivity index (χ3v) is 6.98. The molecule has 0 fully saturated rings. The maximum Gasteiger partial charge on any atom is 0.243 e. The number of halogens is 1. The standard InChI is InChI=1S/C17H20ClN3O5S2/c1-2-21(28(25,26)16-9-5-14(18)6-10-16)12-17(22)20-11-13-3-7-15(8-4-13)27(19,23)24/h3-10H,2,11-12H2,1H3,(H,20,22)(H2,19,23,24). The third-order valence-electron chi connectivity index (χ3n) is 3.87. The molecule has 3 N–H and O–H groups in total. The lowest BCUT2D eigenvalue weighted by Gasteiger charge is -2.20. The van der Waals surface area contributed by atoms with Crippen molar-refractivity contribution in [3.05, 3.63) is 59.1 Å². The number of likely N-dealkylation sites (N-methyl/N-ethyl adjacent to an activating group) is 1. The van der Waals surface area contributed by atoms with Gasteiger partial charge in [0.1, 0.15) is 0 Å². The van der Waals surface area contributed by atoms with Gasteiger partial charge in [0, 0.05) is 18.1 Å². The van der Waals surface area contributed by atoms with Crippen LogP contribution in [0, 0.1) is 0 Å². The van der Waals surface area contributed by atoms with Gasteiger partial charge in [0.2, 0.25) is 26.0 Å². The molecule has 152 valence electrons. The average Bonchev–Trinajstić information content (AvgIpc) is 2.64. The fourth-order valence-electron chi connectivity index (χ4n) is 2.34. The summed E-state index contributed by atoms with van der Waals surface area (Å²) in [6.07, 6.45) is 0. The molecule has 0 unspecified atom stereocenters. The van der Waals surface area contributed by atoms with Crippen LogP contribution in [0.4, 0.5) is 0 Å². The molecule has 8 nitrogen and oxygen atoms in total. The minimum absolute atomic E-state index is 0.0335. The quantitative estimate of drug-likeness (QED) is 0.633. The molecule has 0 aliphatic carbocycles. The molecular formula is C17H20ClN3O5S2. The number of amides is 1. The molecule has 0 heterocycles. The number of nitrogens with zero attached hydrogens (tertiary/aromatic N) is 1. The van der Waals surface area contributed by atoms with Crippen molar-refractivity contribution >= 4 is 37.6 Å². The van der Waals surface area contributed by atoms with E-state index in [4.69, 9.17) is 16.7 Å². The molecule has 0 aliphatic rings. The first-order chi connectivity index (χ1) is 13.0. The van der Waals surface area contributed by atoms with Crippen molar-refractivity contribution in [2.75, 3.05) is 13.1 Å². The SMILES string of the molecule is CCN(CC(=O)NCc1ccc(S(N)(=O)=O)cc1)S(=O)(=O)c1ccc(Cl)cc1. The summed E-state index contributed by atoms with van der Waals surface area (Å²) in [6.45, 7) is 1.51. The van der Waals surface area contributed by atoms with E-state index in [0.717, 1.165) is 4.31 Å². The van der Waals surface area contributed by atoms with Crippen molar-refractivity contribution in [3.63, 3.8) is 0 Å². The topological polar surface area (TPSA) is 127 Å². The van der Waals surface area contributed by atoms with Crippen LogP contribution in [0.25, 0.3) is 0 Å². The Hall–Kier alpha value is -1.98. The van der Waals surface area contributed by atoms with Crippen LogP contribution in [0.5, 0.6) is 0 Å². The van der Waals surface area contributed by atoms with Crippen molar-refractivity contribution in [2.45, 2.75) is 23.3 Å². The van der Waals surface area contributed by atoms with E-state index in [9.17, 15) is 21.6 Å². The summed E-state index contributed by atoms with van der Waals surface area (Å²) in [5.41, 5.74) is 0.643. The van der Waals surface area contributed by atoms with Gasteiger partial charge in [0.15, 0.2) is 0 Å². The summed E-state index contributed by atoms with van der Waals surface area (Å²) >= 11 is 5.78. The van der Waals surface area contributed by atoms with Crippen molar-refractivity contribution < 1.29 is 21.6 Å². The van der Waals surface area contributed by atoms with Gasteiger partial charge in [-0.15, -0.1) is 0 Å². The number of sulfonamides is 2. The van der Waals surface area contributed by atoms with Crippen LogP contribution in [0.1, 0.15) is 12.5 Å². The van der Waals surface area contributed by atoms with Crippen LogP contribution in [-0.4, -0.2) is 40.1 Å². The predicted molar refractivity (Wildman–Crippen MR) is 106 cm³/mol. The van der Waals surface area contributed by atoms with E-state index in [1.165, 1.54) is 48.5 Å². The van der Waals surface area contributed by atoms with Crippen molar-refractivity contribution in [2.24, 2.45) is 5.14 Å². The fourth-order valence-corrected chi connectivity index (χ4v) is 4.38. The predicted octanol–water partition coefficient (Wildman–Crippen LogP) is 1.31. The Balaban J connectivity index is 2.01. The molecule has 0 aliphatic heterocycles. The van der Waals surface area contributed by atoms with E-state index in [1.54, 1.807) is 6.92 Å². The van der Waals surface area contributed by atoms with Crippen LogP contribution >= 0.6 is 11.6 Å². The Bertz CT molecular complexity index is 1040. The first kappa shape index (κ1) is 22.3. The maximum atomic E-state index is 12.7. The summed E-state index contributed by atoms with van der Waals surface area (Å²) in [5.74, 6) is -0.491. The molecule has 11 heteroatoms. The number of carbonyl (C=O) groups excluding carboxylic acids is 1. The second-order valence-electron chi connectivity index (χ2n) is 5.85. The van der Waals surface area contributed by atoms with Gasteiger partial charge in [-0.1, -0.05) is 30.7 Å². The molecule has 28 heavy (non-hydrogen) atoms. The second kappa shape index (κ2) is 9.01. The first-order valence-electron chi connectivity index (χ1n) is 8.18. The highest BCUT2D eigenvalue weighted by Crippen LogP contribution is 2.18. The molecule has 2 rings (SSSR count). The van der Waals surface area contributed by atoms with Gasteiger partial charge >= 0.3 is 0 Å². The normalized spacial score (nSPS) is 12.1. The van der Waals surface area contributed by atoms with Gasteiger partial charge in [0.25, 0.3) is 0 Å². The highest BCUT2D eigenvalue weighted by atomic mass is 35.5. The van der Waals surface area contributed by atoms with E-state index in [-0.39, 0.29) is 29.4 Å². The molecule has 0 spiro atoms. The molecule has 0 saturated heterocycles. The zero-order valence-electron chi connectivity index (χ0n) is 15.0. The largest absolute Gasteiger partial charge is 0.351 e. The lowest BCUT2D eigenvalue weighted by Crippen LogP contribution is -2.40. The lowest BCUT2D eigenvalue weighted by molar-refractivity contribution is -0.121. The molecule has 0 saturated carbocycles. The van der Waals surface area contributed by atoms with Crippen molar-refractivity contribution in [1.82, 2.24) is 9.62 Å². The average molecular weight is 446 g/mol. The van der Waals surface area contributed by atoms with E-state index in [1.807, 2.05) is 0 Å². The van der Waals surface area contributed by atoms with Gasteiger partial charge < -0.3 is 5.32 Å². The number of nitrogens with two attached hydrogens (primary N) is 1. The number of nitrogens with one attached hydrogen (secondary N) is 1. The highest BCUT2D eigenvalue weighted by Gasteiger charge is 2.25. The van der Waals surface area contributed by atoms with E-state index >= 15 is 0 Å². The second-order valence-corrected chi connectivity index (χ2v) is 9.79. The van der Waals surface area contributed by atoms with Crippen molar-refractivity contribution in [1.29, 1.82) is 0 Å². The van der Waals surface area contributed by atoms with E-state index in [2.05, 4.69) is 5.32 Å². The number of primary sulfonamides is 1. The molecule has 0 atom stereocenters. The molecule has 1 amide bonds. The molecule has 2 aromatic rings.